The number of fused-ring (bicyclic) bond motifs is 2. The zero-order valence-electron chi connectivity index (χ0n) is 24.3. The van der Waals surface area contributed by atoms with E-state index in [1.807, 2.05) is 31.2 Å². The molecule has 1 saturated carbocycles. The van der Waals surface area contributed by atoms with Crippen molar-refractivity contribution in [3.63, 3.8) is 0 Å². The van der Waals surface area contributed by atoms with E-state index in [0.29, 0.717) is 23.7 Å². The van der Waals surface area contributed by atoms with E-state index in [1.165, 1.54) is 11.1 Å². The van der Waals surface area contributed by atoms with E-state index >= 15 is 0 Å². The molecule has 3 N–H and O–H groups in total. The molecule has 5 rings (SSSR count). The second-order valence-corrected chi connectivity index (χ2v) is 14.0. The van der Waals surface area contributed by atoms with Gasteiger partial charge in [0.2, 0.25) is 0 Å². The molecule has 1 fully saturated rings. The predicted molar refractivity (Wildman–Crippen MR) is 167 cm³/mol. The van der Waals surface area contributed by atoms with E-state index in [1.54, 1.807) is 11.9 Å². The van der Waals surface area contributed by atoms with Gasteiger partial charge in [0.05, 0.1) is 17.9 Å². The third-order valence-electron chi connectivity index (χ3n) is 9.34. The van der Waals surface area contributed by atoms with Crippen molar-refractivity contribution in [2.45, 2.75) is 82.8 Å². The van der Waals surface area contributed by atoms with Crippen LogP contribution >= 0.6 is 23.5 Å². The second-order valence-electron chi connectivity index (χ2n) is 12.4. The fraction of sp³-hybridized carbons (Fsp3) is 0.576. The number of nitrogens with one attached hydrogen (secondary N) is 1. The Morgan fingerprint density at radius 2 is 1.98 bits per heavy atom. The van der Waals surface area contributed by atoms with Crippen molar-refractivity contribution in [1.82, 2.24) is 4.72 Å². The maximum absolute atomic E-state index is 11.5. The van der Waals surface area contributed by atoms with Gasteiger partial charge in [-0.3, -0.25) is 0 Å². The number of ether oxygens (including phenoxy) is 1. The average molecular weight is 585 g/mol. The molecule has 2 aromatic carbocycles. The van der Waals surface area contributed by atoms with Crippen molar-refractivity contribution in [2.24, 2.45) is 17.8 Å². The highest BCUT2D eigenvalue weighted by Crippen LogP contribution is 2.46. The molecule has 7 heteroatoms. The molecule has 218 valence electrons. The summed E-state index contributed by atoms with van der Waals surface area (Å²) in [7, 11) is 0. The molecular formula is C33H45ClN2O3S. The molecule has 0 saturated heterocycles. The monoisotopic (exact) mass is 584 g/mol. The Morgan fingerprint density at radius 1 is 1.15 bits per heavy atom. The first-order chi connectivity index (χ1) is 19.2. The summed E-state index contributed by atoms with van der Waals surface area (Å²) in [6, 6.07) is 12.4. The molecule has 6 unspecified atom stereocenters. The van der Waals surface area contributed by atoms with Gasteiger partial charge >= 0.3 is 0 Å². The quantitative estimate of drug-likeness (QED) is 0.260. The molecule has 5 nitrogen and oxygen atoms in total. The largest absolute Gasteiger partial charge is 0.491 e. The number of benzene rings is 2. The summed E-state index contributed by atoms with van der Waals surface area (Å²) in [6.45, 7) is 10.8. The highest BCUT2D eigenvalue weighted by molar-refractivity contribution is 7.98. The van der Waals surface area contributed by atoms with E-state index < -0.39 is 11.8 Å². The molecule has 0 aromatic heterocycles. The number of nitrogens with zero attached hydrogens (tertiary/aromatic N) is 1. The lowest BCUT2D eigenvalue weighted by molar-refractivity contribution is -0.0312. The summed E-state index contributed by atoms with van der Waals surface area (Å²) in [4.78, 5) is 2.45. The number of rotatable bonds is 3. The molecule has 2 bridgehead atoms. The topological polar surface area (TPSA) is 65.0 Å². The summed E-state index contributed by atoms with van der Waals surface area (Å²) < 4.78 is 9.76. The van der Waals surface area contributed by atoms with E-state index in [-0.39, 0.29) is 11.8 Å². The fourth-order valence-corrected chi connectivity index (χ4v) is 7.55. The lowest BCUT2D eigenvalue weighted by atomic mass is 9.65. The van der Waals surface area contributed by atoms with Gasteiger partial charge in [0, 0.05) is 29.3 Å². The van der Waals surface area contributed by atoms with Crippen molar-refractivity contribution in [3.05, 3.63) is 70.3 Å². The predicted octanol–water partition coefficient (Wildman–Crippen LogP) is 7.27. The van der Waals surface area contributed by atoms with Gasteiger partial charge in [-0.25, -0.2) is 4.72 Å². The van der Waals surface area contributed by atoms with Crippen LogP contribution in [0.25, 0.3) is 0 Å². The van der Waals surface area contributed by atoms with E-state index in [9.17, 15) is 10.2 Å². The van der Waals surface area contributed by atoms with Crippen LogP contribution in [0, 0.1) is 17.8 Å². The Balaban J connectivity index is 1.52. The highest BCUT2D eigenvalue weighted by atomic mass is 35.5. The molecular weight excluding hydrogens is 540 g/mol. The maximum atomic E-state index is 11.5. The first kappa shape index (κ1) is 29.8. The van der Waals surface area contributed by atoms with Crippen LogP contribution in [0.2, 0.25) is 5.02 Å². The Hall–Kier alpha value is -1.70. The normalized spacial score (nSPS) is 33.7. The van der Waals surface area contributed by atoms with Crippen LogP contribution in [-0.2, 0) is 6.42 Å². The van der Waals surface area contributed by atoms with Crippen molar-refractivity contribution >= 4 is 29.2 Å². The number of aliphatic hydroxyl groups excluding tert-OH is 1. The number of anilines is 1. The van der Waals surface area contributed by atoms with Gasteiger partial charge in [-0.2, -0.15) is 0 Å². The standard InChI is InChI=1S/C33H45ClN2O3S/c1-5-7-23-16-27(34)11-12-28(23)26-19-36-18-25-9-13-29(25)33(4,38)15-6-8-21(2)22(3)40-35-32(37)24-10-14-31(39-20-26)30(36)17-24/h6,10-12,14-17,21-22,25-26,29,32,35,37-38H,5,7-9,13,18-20H2,1-4H3/b15-6+/t21?,22?,25?,26?,29?,32?,33-/m0/s1. The van der Waals surface area contributed by atoms with Gasteiger partial charge in [-0.05, 0) is 91.3 Å². The minimum Gasteiger partial charge on any atom is -0.491 e. The van der Waals surface area contributed by atoms with Crippen LogP contribution < -0.4 is 14.4 Å². The molecule has 0 spiro atoms. The number of aliphatic hydroxyl groups is 2. The lowest BCUT2D eigenvalue weighted by Gasteiger charge is -2.47. The summed E-state index contributed by atoms with van der Waals surface area (Å²) >= 11 is 7.98. The van der Waals surface area contributed by atoms with Gasteiger partial charge in [0.15, 0.2) is 0 Å². The zero-order chi connectivity index (χ0) is 28.4. The van der Waals surface area contributed by atoms with Gasteiger partial charge in [-0.15, -0.1) is 0 Å². The molecule has 7 atom stereocenters. The minimum atomic E-state index is -0.832. The minimum absolute atomic E-state index is 0.181. The Kier molecular flexibility index (Phi) is 9.43. The number of aryl methyl sites for hydroxylation is 1. The number of hydrogen-bond acceptors (Lipinski definition) is 6. The van der Waals surface area contributed by atoms with Crippen LogP contribution in [-0.4, -0.2) is 40.8 Å². The molecule has 3 aliphatic rings. The molecule has 2 aliphatic heterocycles. The molecule has 2 aromatic rings. The summed E-state index contributed by atoms with van der Waals surface area (Å²) in [5, 5.41) is 23.7. The Morgan fingerprint density at radius 3 is 2.73 bits per heavy atom. The molecule has 0 amide bonds. The first-order valence-corrected chi connectivity index (χ1v) is 16.2. The Labute approximate surface area is 249 Å². The van der Waals surface area contributed by atoms with Crippen LogP contribution in [0.15, 0.2) is 48.6 Å². The van der Waals surface area contributed by atoms with Crippen LogP contribution in [0.3, 0.4) is 0 Å². The summed E-state index contributed by atoms with van der Waals surface area (Å²) in [5.74, 6) is 2.02. The SMILES string of the molecule is CCCc1cc(Cl)ccc1C1COc2ccc3cc2N(C1)CC1CCC1[C@@](C)(O)/C=C/CC(C)C(C)SNC3O. The number of hydrogen-bond donors (Lipinski definition) is 3. The molecule has 0 radical (unpaired) electrons. The van der Waals surface area contributed by atoms with Gasteiger partial charge in [0.25, 0.3) is 0 Å². The third kappa shape index (κ3) is 6.52. The van der Waals surface area contributed by atoms with Crippen LogP contribution in [0.4, 0.5) is 5.69 Å². The van der Waals surface area contributed by atoms with Gasteiger partial charge < -0.3 is 19.8 Å². The Bertz CT molecular complexity index is 1200. The number of allylic oxidation sites excluding steroid dienone is 1. The van der Waals surface area contributed by atoms with Crippen LogP contribution in [0.1, 0.15) is 82.2 Å². The first-order valence-electron chi connectivity index (χ1n) is 15.0. The van der Waals surface area contributed by atoms with Crippen LogP contribution in [0.5, 0.6) is 5.75 Å². The lowest BCUT2D eigenvalue weighted by Crippen LogP contribution is -2.48. The summed E-state index contributed by atoms with van der Waals surface area (Å²) in [6.07, 6.45) is 8.48. The fourth-order valence-electron chi connectivity index (χ4n) is 6.53. The smallest absolute Gasteiger partial charge is 0.142 e. The van der Waals surface area contributed by atoms with Crippen molar-refractivity contribution in [1.29, 1.82) is 0 Å². The maximum Gasteiger partial charge on any atom is 0.142 e. The second kappa shape index (κ2) is 12.7. The number of halogens is 1. The van der Waals surface area contributed by atoms with E-state index in [2.05, 4.69) is 54.7 Å². The van der Waals surface area contributed by atoms with Gasteiger partial charge in [0.1, 0.15) is 12.0 Å². The van der Waals surface area contributed by atoms with E-state index in [0.717, 1.165) is 67.2 Å². The van der Waals surface area contributed by atoms with Crippen molar-refractivity contribution in [2.75, 3.05) is 24.6 Å². The summed E-state index contributed by atoms with van der Waals surface area (Å²) in [5.41, 5.74) is 3.61. The van der Waals surface area contributed by atoms with Crippen molar-refractivity contribution in [3.8, 4) is 5.75 Å². The molecule has 40 heavy (non-hydrogen) atoms. The zero-order valence-corrected chi connectivity index (χ0v) is 25.8. The highest BCUT2D eigenvalue weighted by Gasteiger charge is 2.43. The van der Waals surface area contributed by atoms with Crippen molar-refractivity contribution < 1.29 is 14.9 Å². The third-order valence-corrected chi connectivity index (χ3v) is 10.8. The van der Waals surface area contributed by atoms with E-state index in [4.69, 9.17) is 16.3 Å². The molecule has 2 heterocycles. The average Bonchev–Trinajstić information content (AvgIpc) is 3.08. The molecule has 1 aliphatic carbocycles. The van der Waals surface area contributed by atoms with Gasteiger partial charge in [-0.1, -0.05) is 75.0 Å².